The van der Waals surface area contributed by atoms with Crippen LogP contribution in [0.5, 0.6) is 0 Å². The molecular weight excluding hydrogens is 168 g/mol. The zero-order valence-corrected chi connectivity index (χ0v) is 8.52. The first-order chi connectivity index (χ1) is 5.52. The van der Waals surface area contributed by atoms with Gasteiger partial charge in [0.25, 0.3) is 0 Å². The van der Waals surface area contributed by atoms with E-state index in [1.165, 1.54) is 0 Å². The van der Waals surface area contributed by atoms with Crippen LogP contribution >= 0.6 is 10.0 Å². The molecule has 0 fully saturated rings. The number of carbonyl (C=O) groups is 1. The van der Waals surface area contributed by atoms with E-state index in [0.29, 0.717) is 0 Å². The van der Waals surface area contributed by atoms with Crippen molar-refractivity contribution in [3.05, 3.63) is 35.9 Å². The van der Waals surface area contributed by atoms with Gasteiger partial charge in [0.1, 0.15) is 0 Å². The van der Waals surface area contributed by atoms with Crippen molar-refractivity contribution in [2.75, 3.05) is 18.8 Å². The molecule has 0 aromatic heterocycles. The maximum Gasteiger partial charge on any atom is 0.201 e. The highest BCUT2D eigenvalue weighted by Crippen LogP contribution is 2.38. The van der Waals surface area contributed by atoms with E-state index in [0.717, 1.165) is 5.56 Å². The van der Waals surface area contributed by atoms with E-state index in [-0.39, 0.29) is 5.12 Å². The van der Waals surface area contributed by atoms with Crippen LogP contribution in [-0.2, 0) is 0 Å². The standard InChI is InChI=1S/C10H14OS/c1-12(2,3)10(11)9-7-5-4-6-8-9/h4-8H,1-3H3. The Labute approximate surface area is 75.1 Å². The van der Waals surface area contributed by atoms with Gasteiger partial charge in [-0.05, 0) is 18.8 Å². The first-order valence-corrected chi connectivity index (χ1v) is 6.65. The van der Waals surface area contributed by atoms with Crippen molar-refractivity contribution in [2.45, 2.75) is 0 Å². The normalized spacial score (nSPS) is 12.6. The fourth-order valence-corrected chi connectivity index (χ4v) is 1.77. The molecule has 1 aromatic rings. The Kier molecular flexibility index (Phi) is 2.58. The Balaban J connectivity index is 2.94. The molecule has 2 heteroatoms. The topological polar surface area (TPSA) is 17.1 Å². The van der Waals surface area contributed by atoms with Gasteiger partial charge in [0.15, 0.2) is 0 Å². The molecule has 66 valence electrons. The van der Waals surface area contributed by atoms with Gasteiger partial charge in [-0.15, -0.1) is 0 Å². The van der Waals surface area contributed by atoms with Gasteiger partial charge in [0, 0.05) is 5.56 Å². The Morgan fingerprint density at radius 3 is 2.00 bits per heavy atom. The lowest BCUT2D eigenvalue weighted by atomic mass is 10.2. The van der Waals surface area contributed by atoms with Crippen molar-refractivity contribution in [1.82, 2.24) is 0 Å². The van der Waals surface area contributed by atoms with Gasteiger partial charge in [0.2, 0.25) is 5.12 Å². The Bertz CT molecular complexity index is 272. The van der Waals surface area contributed by atoms with Gasteiger partial charge in [0.05, 0.1) is 0 Å². The zero-order chi connectivity index (χ0) is 9.19. The fourth-order valence-electron chi connectivity index (χ4n) is 0.928. The average molecular weight is 182 g/mol. The molecule has 0 bridgehead atoms. The summed E-state index contributed by atoms with van der Waals surface area (Å²) in [6, 6.07) is 9.48. The second-order valence-electron chi connectivity index (χ2n) is 3.49. The zero-order valence-electron chi connectivity index (χ0n) is 7.70. The first-order valence-electron chi connectivity index (χ1n) is 3.79. The third kappa shape index (κ3) is 2.11. The molecule has 0 radical (unpaired) electrons. The highest BCUT2D eigenvalue weighted by atomic mass is 32.3. The summed E-state index contributed by atoms with van der Waals surface area (Å²) in [4.78, 5) is 11.7. The maximum absolute atomic E-state index is 11.7. The molecule has 0 atom stereocenters. The third-order valence-electron chi connectivity index (χ3n) is 1.57. The summed E-state index contributed by atoms with van der Waals surface area (Å²) in [6.45, 7) is 0. The summed E-state index contributed by atoms with van der Waals surface area (Å²) < 4.78 is 0. The number of rotatable bonds is 1. The van der Waals surface area contributed by atoms with Gasteiger partial charge < -0.3 is 0 Å². The average Bonchev–Trinajstić information content (AvgIpc) is 2.03. The lowest BCUT2D eigenvalue weighted by Gasteiger charge is -2.22. The highest BCUT2D eigenvalue weighted by molar-refractivity contribution is 8.44. The fraction of sp³-hybridized carbons (Fsp3) is 0.300. The second-order valence-corrected chi connectivity index (χ2v) is 7.54. The predicted molar refractivity (Wildman–Crippen MR) is 56.1 cm³/mol. The van der Waals surface area contributed by atoms with Crippen molar-refractivity contribution in [3.8, 4) is 0 Å². The van der Waals surface area contributed by atoms with Crippen LogP contribution in [0.4, 0.5) is 0 Å². The molecule has 0 saturated heterocycles. The molecule has 0 N–H and O–H groups in total. The van der Waals surface area contributed by atoms with E-state index < -0.39 is 10.0 Å². The minimum atomic E-state index is -1.09. The summed E-state index contributed by atoms with van der Waals surface area (Å²) >= 11 is 0. The molecule has 0 aliphatic heterocycles. The third-order valence-corrected chi connectivity index (χ3v) is 2.91. The van der Waals surface area contributed by atoms with Crippen LogP contribution in [0.15, 0.2) is 30.3 Å². The SMILES string of the molecule is CS(C)(C)C(=O)c1ccccc1. The van der Waals surface area contributed by atoms with E-state index in [1.807, 2.05) is 49.1 Å². The number of benzene rings is 1. The molecule has 0 saturated carbocycles. The first kappa shape index (κ1) is 9.33. The van der Waals surface area contributed by atoms with Crippen molar-refractivity contribution in [3.63, 3.8) is 0 Å². The molecular formula is C10H14OS. The predicted octanol–water partition coefficient (Wildman–Crippen LogP) is 2.52. The quantitative estimate of drug-likeness (QED) is 0.652. The van der Waals surface area contributed by atoms with Crippen LogP contribution in [0, 0.1) is 0 Å². The van der Waals surface area contributed by atoms with Gasteiger partial charge in [-0.3, -0.25) is 4.79 Å². The van der Waals surface area contributed by atoms with Crippen LogP contribution in [0.25, 0.3) is 0 Å². The van der Waals surface area contributed by atoms with Gasteiger partial charge in [-0.25, -0.2) is 0 Å². The Morgan fingerprint density at radius 1 is 1.08 bits per heavy atom. The number of carbonyl (C=O) groups excluding carboxylic acids is 1. The van der Waals surface area contributed by atoms with Gasteiger partial charge >= 0.3 is 0 Å². The molecule has 1 nitrogen and oxygen atoms in total. The van der Waals surface area contributed by atoms with Crippen LogP contribution in [0.3, 0.4) is 0 Å². The smallest absolute Gasteiger partial charge is 0.201 e. The van der Waals surface area contributed by atoms with Crippen LogP contribution in [0.1, 0.15) is 10.4 Å². The second kappa shape index (κ2) is 3.31. The molecule has 0 heterocycles. The minimum absolute atomic E-state index is 0.281. The van der Waals surface area contributed by atoms with E-state index in [1.54, 1.807) is 0 Å². The van der Waals surface area contributed by atoms with Gasteiger partial charge in [-0.2, -0.15) is 10.0 Å². The largest absolute Gasteiger partial charge is 0.283 e. The maximum atomic E-state index is 11.7. The van der Waals surface area contributed by atoms with Crippen LogP contribution in [-0.4, -0.2) is 23.9 Å². The van der Waals surface area contributed by atoms with Crippen molar-refractivity contribution in [1.29, 1.82) is 0 Å². The summed E-state index contributed by atoms with van der Waals surface area (Å²) in [5.74, 6) is 0. The molecule has 0 unspecified atom stereocenters. The monoisotopic (exact) mass is 182 g/mol. The van der Waals surface area contributed by atoms with Crippen LogP contribution < -0.4 is 0 Å². The lowest BCUT2D eigenvalue weighted by Crippen LogP contribution is -2.07. The molecule has 0 aliphatic carbocycles. The van der Waals surface area contributed by atoms with Crippen LogP contribution in [0.2, 0.25) is 0 Å². The molecule has 0 aliphatic rings. The number of hydrogen-bond donors (Lipinski definition) is 0. The van der Waals surface area contributed by atoms with Crippen molar-refractivity contribution in [2.24, 2.45) is 0 Å². The molecule has 0 spiro atoms. The lowest BCUT2D eigenvalue weighted by molar-refractivity contribution is 0.108. The Hall–Kier alpha value is -0.760. The van der Waals surface area contributed by atoms with E-state index in [2.05, 4.69) is 0 Å². The van der Waals surface area contributed by atoms with Crippen molar-refractivity contribution >= 4 is 15.1 Å². The Morgan fingerprint density at radius 2 is 1.58 bits per heavy atom. The van der Waals surface area contributed by atoms with E-state index in [4.69, 9.17) is 0 Å². The van der Waals surface area contributed by atoms with E-state index >= 15 is 0 Å². The molecule has 12 heavy (non-hydrogen) atoms. The molecule has 0 amide bonds. The van der Waals surface area contributed by atoms with Gasteiger partial charge in [-0.1, -0.05) is 30.3 Å². The molecule has 1 rings (SSSR count). The summed E-state index contributed by atoms with van der Waals surface area (Å²) in [5, 5.41) is 0.281. The molecule has 1 aromatic carbocycles. The number of hydrogen-bond acceptors (Lipinski definition) is 1. The van der Waals surface area contributed by atoms with Crippen molar-refractivity contribution < 1.29 is 4.79 Å². The minimum Gasteiger partial charge on any atom is -0.283 e. The highest BCUT2D eigenvalue weighted by Gasteiger charge is 2.16. The summed E-state index contributed by atoms with van der Waals surface area (Å²) in [7, 11) is -1.09. The van der Waals surface area contributed by atoms with E-state index in [9.17, 15) is 4.79 Å². The summed E-state index contributed by atoms with van der Waals surface area (Å²) in [6.07, 6.45) is 6.05. The summed E-state index contributed by atoms with van der Waals surface area (Å²) in [5.41, 5.74) is 0.833.